The van der Waals surface area contributed by atoms with Crippen molar-refractivity contribution in [2.75, 3.05) is 26.1 Å². The van der Waals surface area contributed by atoms with E-state index in [4.69, 9.17) is 19.9 Å². The van der Waals surface area contributed by atoms with Crippen LogP contribution in [0.4, 0.5) is 5.69 Å². The summed E-state index contributed by atoms with van der Waals surface area (Å²) in [7, 11) is 3.27. The number of guanidine groups is 1. The SMILES string of the molecule is COCc1ccccc1NC(N)=NCC(C)Oc1ccccc1OC.I. The van der Waals surface area contributed by atoms with Crippen LogP contribution >= 0.6 is 24.0 Å². The molecule has 0 bridgehead atoms. The molecular formula is C19H26IN3O3. The van der Waals surface area contributed by atoms with Crippen molar-refractivity contribution in [3.05, 3.63) is 54.1 Å². The number of benzene rings is 2. The summed E-state index contributed by atoms with van der Waals surface area (Å²) >= 11 is 0. The van der Waals surface area contributed by atoms with E-state index in [1.165, 1.54) is 0 Å². The Kier molecular flexibility index (Phi) is 9.82. The Morgan fingerprint density at radius 1 is 1.08 bits per heavy atom. The average molecular weight is 471 g/mol. The van der Waals surface area contributed by atoms with Crippen LogP contribution in [0.3, 0.4) is 0 Å². The Morgan fingerprint density at radius 3 is 2.42 bits per heavy atom. The molecule has 26 heavy (non-hydrogen) atoms. The maximum absolute atomic E-state index is 5.99. The largest absolute Gasteiger partial charge is 0.493 e. The third-order valence-corrected chi connectivity index (χ3v) is 3.50. The lowest BCUT2D eigenvalue weighted by molar-refractivity contribution is 0.185. The lowest BCUT2D eigenvalue weighted by Crippen LogP contribution is -2.26. The number of methoxy groups -OCH3 is 2. The van der Waals surface area contributed by atoms with Crippen LogP contribution in [0.15, 0.2) is 53.5 Å². The maximum atomic E-state index is 5.99. The molecule has 0 aliphatic carbocycles. The fourth-order valence-electron chi connectivity index (χ4n) is 2.30. The van der Waals surface area contributed by atoms with Crippen molar-refractivity contribution in [1.29, 1.82) is 0 Å². The Hall–Kier alpha value is -2.00. The number of nitrogens with zero attached hydrogens (tertiary/aromatic N) is 1. The molecule has 0 heterocycles. The van der Waals surface area contributed by atoms with Gasteiger partial charge in [0.1, 0.15) is 6.10 Å². The Labute approximate surface area is 171 Å². The number of rotatable bonds is 8. The zero-order valence-corrected chi connectivity index (χ0v) is 17.6. The molecule has 0 saturated carbocycles. The third-order valence-electron chi connectivity index (χ3n) is 3.50. The van der Waals surface area contributed by atoms with E-state index in [-0.39, 0.29) is 30.1 Å². The minimum atomic E-state index is -0.147. The van der Waals surface area contributed by atoms with Crippen LogP contribution in [0.25, 0.3) is 0 Å². The van der Waals surface area contributed by atoms with Gasteiger partial charge >= 0.3 is 0 Å². The lowest BCUT2D eigenvalue weighted by Gasteiger charge is -2.16. The topological polar surface area (TPSA) is 78.1 Å². The molecule has 2 rings (SSSR count). The first-order chi connectivity index (χ1) is 12.1. The van der Waals surface area contributed by atoms with Gasteiger partial charge in [0.15, 0.2) is 17.5 Å². The highest BCUT2D eigenvalue weighted by atomic mass is 127. The highest BCUT2D eigenvalue weighted by molar-refractivity contribution is 14.0. The molecule has 1 unspecified atom stereocenters. The number of nitrogens with two attached hydrogens (primary N) is 1. The van der Waals surface area contributed by atoms with Gasteiger partial charge in [0.25, 0.3) is 0 Å². The predicted molar refractivity (Wildman–Crippen MR) is 116 cm³/mol. The first-order valence-corrected chi connectivity index (χ1v) is 8.07. The van der Waals surface area contributed by atoms with Crippen molar-refractivity contribution in [2.24, 2.45) is 10.7 Å². The number of ether oxygens (including phenoxy) is 3. The number of para-hydroxylation sites is 3. The van der Waals surface area contributed by atoms with Gasteiger partial charge in [-0.1, -0.05) is 30.3 Å². The summed E-state index contributed by atoms with van der Waals surface area (Å²) in [4.78, 5) is 4.35. The van der Waals surface area contributed by atoms with Crippen LogP contribution in [-0.4, -0.2) is 32.8 Å². The molecule has 0 aliphatic rings. The molecule has 3 N–H and O–H groups in total. The molecule has 0 fully saturated rings. The fourth-order valence-corrected chi connectivity index (χ4v) is 2.30. The van der Waals surface area contributed by atoms with Crippen LogP contribution in [0, 0.1) is 0 Å². The number of anilines is 1. The van der Waals surface area contributed by atoms with E-state index >= 15 is 0 Å². The molecule has 0 aliphatic heterocycles. The molecule has 7 heteroatoms. The number of hydrogen-bond donors (Lipinski definition) is 2. The zero-order valence-electron chi connectivity index (χ0n) is 15.3. The first-order valence-electron chi connectivity index (χ1n) is 8.07. The summed E-state index contributed by atoms with van der Waals surface area (Å²) < 4.78 is 16.3. The zero-order chi connectivity index (χ0) is 18.1. The molecule has 0 aromatic heterocycles. The molecule has 0 radical (unpaired) electrons. The van der Waals surface area contributed by atoms with Gasteiger partial charge in [-0.05, 0) is 25.1 Å². The Bertz CT molecular complexity index is 710. The molecule has 142 valence electrons. The maximum Gasteiger partial charge on any atom is 0.193 e. The predicted octanol–water partition coefficient (Wildman–Crippen LogP) is 3.65. The second-order valence-corrected chi connectivity index (χ2v) is 5.52. The fraction of sp³-hybridized carbons (Fsp3) is 0.316. The van der Waals surface area contributed by atoms with E-state index in [1.54, 1.807) is 14.2 Å². The van der Waals surface area contributed by atoms with Crippen LogP contribution in [0.1, 0.15) is 12.5 Å². The minimum absolute atomic E-state index is 0. The van der Waals surface area contributed by atoms with Gasteiger partial charge in [-0.3, -0.25) is 0 Å². The molecule has 0 saturated heterocycles. The van der Waals surface area contributed by atoms with Gasteiger partial charge in [-0.15, -0.1) is 24.0 Å². The first kappa shape index (κ1) is 22.0. The molecule has 0 amide bonds. The number of halogens is 1. The van der Waals surface area contributed by atoms with Gasteiger partial charge < -0.3 is 25.3 Å². The molecule has 6 nitrogen and oxygen atoms in total. The van der Waals surface area contributed by atoms with Crippen molar-refractivity contribution >= 4 is 35.6 Å². The molecule has 0 spiro atoms. The number of aliphatic imine (C=N–C) groups is 1. The van der Waals surface area contributed by atoms with Crippen molar-refractivity contribution in [1.82, 2.24) is 0 Å². The Morgan fingerprint density at radius 2 is 1.73 bits per heavy atom. The molecule has 1 atom stereocenters. The van der Waals surface area contributed by atoms with Gasteiger partial charge in [0.2, 0.25) is 0 Å². The van der Waals surface area contributed by atoms with E-state index in [0.717, 1.165) is 11.3 Å². The summed E-state index contributed by atoms with van der Waals surface area (Å²) in [6.45, 7) is 2.86. The van der Waals surface area contributed by atoms with Crippen LogP contribution in [0.5, 0.6) is 11.5 Å². The number of hydrogen-bond acceptors (Lipinski definition) is 4. The van der Waals surface area contributed by atoms with E-state index in [0.29, 0.717) is 30.6 Å². The van der Waals surface area contributed by atoms with Gasteiger partial charge in [0, 0.05) is 18.4 Å². The minimum Gasteiger partial charge on any atom is -0.493 e. The monoisotopic (exact) mass is 471 g/mol. The summed E-state index contributed by atoms with van der Waals surface area (Å²) in [5, 5.41) is 3.10. The lowest BCUT2D eigenvalue weighted by atomic mass is 10.2. The van der Waals surface area contributed by atoms with Gasteiger partial charge in [-0.25, -0.2) is 4.99 Å². The van der Waals surface area contributed by atoms with Crippen molar-refractivity contribution in [2.45, 2.75) is 19.6 Å². The normalized spacial score (nSPS) is 12.0. The molecule has 2 aromatic carbocycles. The average Bonchev–Trinajstić information content (AvgIpc) is 2.62. The van der Waals surface area contributed by atoms with Crippen LogP contribution in [-0.2, 0) is 11.3 Å². The highest BCUT2D eigenvalue weighted by Gasteiger charge is 2.08. The molecular weight excluding hydrogens is 445 g/mol. The van der Waals surface area contributed by atoms with E-state index in [1.807, 2.05) is 55.5 Å². The Balaban J connectivity index is 0.00000338. The van der Waals surface area contributed by atoms with Gasteiger partial charge in [-0.2, -0.15) is 0 Å². The smallest absolute Gasteiger partial charge is 0.193 e. The summed E-state index contributed by atoms with van der Waals surface area (Å²) in [6.07, 6.45) is -0.147. The quantitative estimate of drug-likeness (QED) is 0.349. The standard InChI is InChI=1S/C19H25N3O3.HI/c1-14(25-18-11-7-6-10-17(18)24-3)12-21-19(20)22-16-9-5-4-8-15(16)13-23-2;/h4-11,14H,12-13H2,1-3H3,(H3,20,21,22);1H. The second-order valence-electron chi connectivity index (χ2n) is 5.52. The van der Waals surface area contributed by atoms with Crippen LogP contribution in [0.2, 0.25) is 0 Å². The van der Waals surface area contributed by atoms with Crippen molar-refractivity contribution in [3.8, 4) is 11.5 Å². The second kappa shape index (κ2) is 11.6. The van der Waals surface area contributed by atoms with Crippen molar-refractivity contribution in [3.63, 3.8) is 0 Å². The summed E-state index contributed by atoms with van der Waals surface area (Å²) in [5.41, 5.74) is 7.88. The molecule has 2 aromatic rings. The number of nitrogens with one attached hydrogen (secondary N) is 1. The van der Waals surface area contributed by atoms with Gasteiger partial charge in [0.05, 0.1) is 20.3 Å². The van der Waals surface area contributed by atoms with Crippen LogP contribution < -0.4 is 20.5 Å². The summed E-state index contributed by atoms with van der Waals surface area (Å²) in [6, 6.07) is 15.3. The van der Waals surface area contributed by atoms with E-state index < -0.39 is 0 Å². The third kappa shape index (κ3) is 6.72. The van der Waals surface area contributed by atoms with Crippen molar-refractivity contribution < 1.29 is 14.2 Å². The summed E-state index contributed by atoms with van der Waals surface area (Å²) in [5.74, 6) is 1.71. The highest BCUT2D eigenvalue weighted by Crippen LogP contribution is 2.26. The van der Waals surface area contributed by atoms with E-state index in [9.17, 15) is 0 Å². The van der Waals surface area contributed by atoms with E-state index in [2.05, 4.69) is 10.3 Å².